The molecule has 30 heavy (non-hydrogen) atoms. The first kappa shape index (κ1) is 21.9. The molecular weight excluding hydrogens is 380 g/mol. The monoisotopic (exact) mass is 412 g/mol. The number of aromatic nitrogens is 2. The van der Waals surface area contributed by atoms with Gasteiger partial charge in [0.15, 0.2) is 0 Å². The Hall–Kier alpha value is -2.83. The molecule has 0 N–H and O–H groups in total. The summed E-state index contributed by atoms with van der Waals surface area (Å²) in [6.45, 7) is 10.8. The molecule has 1 atom stereocenters. The Balaban J connectivity index is 1.90. The maximum atomic E-state index is 13.4. The lowest BCUT2D eigenvalue weighted by molar-refractivity contribution is 0.00384. The summed E-state index contributed by atoms with van der Waals surface area (Å²) in [6, 6.07) is 9.82. The van der Waals surface area contributed by atoms with Gasteiger partial charge in [0.2, 0.25) is 0 Å². The summed E-state index contributed by atoms with van der Waals surface area (Å²) in [5.41, 5.74) is 3.03. The highest BCUT2D eigenvalue weighted by Crippen LogP contribution is 2.28. The lowest BCUT2D eigenvalue weighted by atomic mass is 9.99. The maximum Gasteiger partial charge on any atom is 0.410 e. The normalized spacial score (nSPS) is 17.2. The van der Waals surface area contributed by atoms with Crippen LogP contribution in [0.15, 0.2) is 30.3 Å². The molecule has 1 aromatic heterocycles. The zero-order valence-corrected chi connectivity index (χ0v) is 18.8. The van der Waals surface area contributed by atoms with Crippen molar-refractivity contribution < 1.29 is 14.3 Å². The predicted molar refractivity (Wildman–Crippen MR) is 115 cm³/mol. The highest BCUT2D eigenvalue weighted by molar-refractivity contribution is 5.93. The number of aryl methyl sites for hydroxylation is 3. The van der Waals surface area contributed by atoms with Gasteiger partial charge in [0.25, 0.3) is 5.91 Å². The van der Waals surface area contributed by atoms with Crippen LogP contribution >= 0.6 is 0 Å². The van der Waals surface area contributed by atoms with E-state index in [2.05, 4.69) is 36.3 Å². The predicted octanol–water partition coefficient (Wildman–Crippen LogP) is 3.73. The molecule has 0 saturated carbocycles. The van der Waals surface area contributed by atoms with Crippen LogP contribution in [-0.4, -0.2) is 56.8 Å². The summed E-state index contributed by atoms with van der Waals surface area (Å²) in [4.78, 5) is 29.6. The van der Waals surface area contributed by atoms with E-state index in [-0.39, 0.29) is 18.0 Å². The van der Waals surface area contributed by atoms with E-state index in [1.54, 1.807) is 22.7 Å². The summed E-state index contributed by atoms with van der Waals surface area (Å²) >= 11 is 0. The second-order valence-electron chi connectivity index (χ2n) is 8.83. The first-order valence-corrected chi connectivity index (χ1v) is 10.5. The summed E-state index contributed by atoms with van der Waals surface area (Å²) in [5, 5.41) is 4.32. The van der Waals surface area contributed by atoms with Crippen molar-refractivity contribution in [3.63, 3.8) is 0 Å². The molecule has 7 nitrogen and oxygen atoms in total. The van der Waals surface area contributed by atoms with E-state index in [0.717, 1.165) is 17.7 Å². The van der Waals surface area contributed by atoms with Crippen LogP contribution in [0, 0.1) is 6.92 Å². The zero-order valence-electron chi connectivity index (χ0n) is 18.8. The van der Waals surface area contributed by atoms with Crippen LogP contribution < -0.4 is 0 Å². The number of ether oxygens (including phenoxy) is 1. The Morgan fingerprint density at radius 3 is 2.37 bits per heavy atom. The Bertz CT molecular complexity index is 912. The van der Waals surface area contributed by atoms with E-state index in [1.165, 1.54) is 5.56 Å². The van der Waals surface area contributed by atoms with E-state index < -0.39 is 5.60 Å². The fourth-order valence-electron chi connectivity index (χ4n) is 3.74. The second-order valence-corrected chi connectivity index (χ2v) is 8.83. The topological polar surface area (TPSA) is 67.7 Å². The van der Waals surface area contributed by atoms with Crippen LogP contribution in [0.2, 0.25) is 0 Å². The average Bonchev–Trinajstić information content (AvgIpc) is 3.03. The molecule has 0 spiro atoms. The van der Waals surface area contributed by atoms with Gasteiger partial charge in [-0.2, -0.15) is 5.10 Å². The van der Waals surface area contributed by atoms with Crippen molar-refractivity contribution in [1.82, 2.24) is 19.6 Å². The molecule has 2 heterocycles. The van der Waals surface area contributed by atoms with E-state index >= 15 is 0 Å². The van der Waals surface area contributed by atoms with Gasteiger partial charge in [-0.3, -0.25) is 9.48 Å². The largest absolute Gasteiger partial charge is 0.444 e. The minimum Gasteiger partial charge on any atom is -0.444 e. The molecule has 0 radical (unpaired) electrons. The van der Waals surface area contributed by atoms with Crippen LogP contribution in [0.1, 0.15) is 61.0 Å². The number of hydrogen-bond acceptors (Lipinski definition) is 4. The van der Waals surface area contributed by atoms with Crippen LogP contribution in [0.3, 0.4) is 0 Å². The first-order valence-electron chi connectivity index (χ1n) is 10.5. The molecule has 1 aromatic carbocycles. The van der Waals surface area contributed by atoms with Crippen LogP contribution in [0.25, 0.3) is 0 Å². The quantitative estimate of drug-likeness (QED) is 0.770. The molecule has 3 rings (SSSR count). The minimum absolute atomic E-state index is 0.0773. The first-order chi connectivity index (χ1) is 14.1. The van der Waals surface area contributed by atoms with Crippen molar-refractivity contribution in [2.45, 2.75) is 52.7 Å². The number of piperazine rings is 1. The third-order valence-electron chi connectivity index (χ3n) is 5.29. The van der Waals surface area contributed by atoms with Gasteiger partial charge in [-0.1, -0.05) is 31.2 Å². The van der Waals surface area contributed by atoms with E-state index in [0.29, 0.717) is 25.3 Å². The molecule has 1 saturated heterocycles. The fraction of sp³-hybridized carbons (Fsp3) is 0.522. The Morgan fingerprint density at radius 1 is 1.17 bits per heavy atom. The lowest BCUT2D eigenvalue weighted by Crippen LogP contribution is -2.53. The van der Waals surface area contributed by atoms with Gasteiger partial charge >= 0.3 is 6.09 Å². The van der Waals surface area contributed by atoms with Gasteiger partial charge in [0.1, 0.15) is 11.3 Å². The Labute approximate surface area is 178 Å². The van der Waals surface area contributed by atoms with Crippen molar-refractivity contribution in [3.8, 4) is 0 Å². The molecule has 1 fully saturated rings. The smallest absolute Gasteiger partial charge is 0.410 e. The molecule has 162 valence electrons. The third kappa shape index (κ3) is 4.83. The van der Waals surface area contributed by atoms with Crippen LogP contribution in [-0.2, 0) is 18.2 Å². The molecule has 2 aromatic rings. The van der Waals surface area contributed by atoms with E-state index in [9.17, 15) is 9.59 Å². The van der Waals surface area contributed by atoms with Crippen molar-refractivity contribution in [2.24, 2.45) is 7.05 Å². The molecular formula is C23H32N4O3. The number of nitrogens with zero attached hydrogens (tertiary/aromatic N) is 4. The summed E-state index contributed by atoms with van der Waals surface area (Å²) in [6.07, 6.45) is 0.604. The van der Waals surface area contributed by atoms with Gasteiger partial charge in [-0.15, -0.1) is 0 Å². The van der Waals surface area contributed by atoms with Gasteiger partial charge < -0.3 is 14.5 Å². The molecule has 0 aliphatic carbocycles. The standard InChI is InChI=1S/C23H32N4O3/c1-7-17-8-10-18(11-9-17)20-15-26(22(29)30-23(3,4)5)12-13-27(20)21(28)19-14-16(2)24-25(19)6/h8-11,14,20H,7,12-13,15H2,1-6H3. The van der Waals surface area contributed by atoms with E-state index in [4.69, 9.17) is 4.74 Å². The number of hydrogen-bond donors (Lipinski definition) is 0. The molecule has 1 unspecified atom stereocenters. The Morgan fingerprint density at radius 2 is 1.83 bits per heavy atom. The highest BCUT2D eigenvalue weighted by Gasteiger charge is 2.36. The summed E-state index contributed by atoms with van der Waals surface area (Å²) in [5.74, 6) is -0.0773. The van der Waals surface area contributed by atoms with Gasteiger partial charge in [-0.05, 0) is 51.3 Å². The third-order valence-corrected chi connectivity index (χ3v) is 5.29. The summed E-state index contributed by atoms with van der Waals surface area (Å²) < 4.78 is 7.19. The number of carbonyl (C=O) groups excluding carboxylic acids is 2. The number of benzene rings is 1. The zero-order chi connectivity index (χ0) is 22.1. The number of amides is 2. The molecule has 2 amide bonds. The SMILES string of the molecule is CCc1ccc(C2CN(C(=O)OC(C)(C)C)CCN2C(=O)c2cc(C)nn2C)cc1. The summed E-state index contributed by atoms with van der Waals surface area (Å²) in [7, 11) is 1.78. The number of rotatable bonds is 3. The van der Waals surface area contributed by atoms with Gasteiger partial charge in [0, 0.05) is 26.7 Å². The number of carbonyl (C=O) groups is 2. The van der Waals surface area contributed by atoms with Crippen molar-refractivity contribution in [1.29, 1.82) is 0 Å². The minimum atomic E-state index is -0.561. The Kier molecular flexibility index (Phi) is 6.19. The molecule has 0 bridgehead atoms. The van der Waals surface area contributed by atoms with Gasteiger partial charge in [0.05, 0.1) is 11.7 Å². The van der Waals surface area contributed by atoms with E-state index in [1.807, 2.05) is 32.6 Å². The van der Waals surface area contributed by atoms with Crippen LogP contribution in [0.4, 0.5) is 4.79 Å². The van der Waals surface area contributed by atoms with Crippen molar-refractivity contribution in [3.05, 3.63) is 52.8 Å². The van der Waals surface area contributed by atoms with Crippen molar-refractivity contribution >= 4 is 12.0 Å². The molecule has 7 heteroatoms. The fourth-order valence-corrected chi connectivity index (χ4v) is 3.74. The van der Waals surface area contributed by atoms with Gasteiger partial charge in [-0.25, -0.2) is 4.79 Å². The molecule has 1 aliphatic rings. The molecule has 1 aliphatic heterocycles. The second kappa shape index (κ2) is 8.50. The lowest BCUT2D eigenvalue weighted by Gasteiger charge is -2.41. The van der Waals surface area contributed by atoms with Crippen LogP contribution in [0.5, 0.6) is 0 Å². The van der Waals surface area contributed by atoms with Crippen molar-refractivity contribution in [2.75, 3.05) is 19.6 Å². The average molecular weight is 413 g/mol. The highest BCUT2D eigenvalue weighted by atomic mass is 16.6. The maximum absolute atomic E-state index is 13.4.